The molecule has 1 N–H and O–H groups in total. The zero-order valence-electron chi connectivity index (χ0n) is 8.70. The molecular formula is C9H12BrClN2O2S. The second-order valence-corrected chi connectivity index (χ2v) is 6.17. The molecule has 0 atom stereocenters. The lowest BCUT2D eigenvalue weighted by molar-refractivity contribution is 0.578. The van der Waals surface area contributed by atoms with E-state index in [1.807, 2.05) is 6.92 Å². The summed E-state index contributed by atoms with van der Waals surface area (Å²) < 4.78 is 26.5. The number of hydrogen-bond acceptors (Lipinski definition) is 3. The molecule has 4 nitrogen and oxygen atoms in total. The van der Waals surface area contributed by atoms with E-state index in [0.717, 1.165) is 12.8 Å². The number of rotatable bonds is 5. The summed E-state index contributed by atoms with van der Waals surface area (Å²) in [4.78, 5) is 3.88. The summed E-state index contributed by atoms with van der Waals surface area (Å²) in [6.07, 6.45) is 2.98. The number of sulfonamides is 1. The van der Waals surface area contributed by atoms with Crippen molar-refractivity contribution in [2.24, 2.45) is 0 Å². The van der Waals surface area contributed by atoms with Crippen molar-refractivity contribution < 1.29 is 8.42 Å². The maximum Gasteiger partial charge on any atom is 0.242 e. The number of nitrogens with one attached hydrogen (secondary N) is 1. The van der Waals surface area contributed by atoms with Crippen LogP contribution >= 0.6 is 27.5 Å². The molecule has 0 saturated heterocycles. The second kappa shape index (κ2) is 5.95. The van der Waals surface area contributed by atoms with Crippen molar-refractivity contribution in [1.29, 1.82) is 0 Å². The monoisotopic (exact) mass is 326 g/mol. The Morgan fingerprint density at radius 2 is 2.25 bits per heavy atom. The molecule has 0 amide bonds. The van der Waals surface area contributed by atoms with Gasteiger partial charge in [0.1, 0.15) is 10.0 Å². The molecule has 0 aromatic carbocycles. The van der Waals surface area contributed by atoms with Gasteiger partial charge in [-0.2, -0.15) is 0 Å². The van der Waals surface area contributed by atoms with Gasteiger partial charge in [-0.15, -0.1) is 0 Å². The Morgan fingerprint density at radius 1 is 1.56 bits per heavy atom. The summed E-state index contributed by atoms with van der Waals surface area (Å²) >= 11 is 8.82. The Kier molecular flexibility index (Phi) is 5.17. The highest BCUT2D eigenvalue weighted by atomic mass is 79.9. The van der Waals surface area contributed by atoms with Gasteiger partial charge in [-0.1, -0.05) is 24.9 Å². The highest BCUT2D eigenvalue weighted by Crippen LogP contribution is 2.22. The average molecular weight is 328 g/mol. The minimum Gasteiger partial charge on any atom is -0.242 e. The summed E-state index contributed by atoms with van der Waals surface area (Å²) in [5.41, 5.74) is 0. The zero-order chi connectivity index (χ0) is 12.2. The first-order chi connectivity index (χ1) is 7.47. The van der Waals surface area contributed by atoms with Crippen molar-refractivity contribution in [3.05, 3.63) is 21.9 Å². The first-order valence-corrected chi connectivity index (χ1v) is 7.43. The van der Waals surface area contributed by atoms with Crippen LogP contribution in [0.5, 0.6) is 0 Å². The van der Waals surface area contributed by atoms with Crippen LogP contribution in [0, 0.1) is 0 Å². The molecule has 7 heteroatoms. The lowest BCUT2D eigenvalue weighted by Gasteiger charge is -2.06. The molecule has 0 saturated carbocycles. The van der Waals surface area contributed by atoms with Gasteiger partial charge in [0, 0.05) is 12.7 Å². The predicted molar refractivity (Wildman–Crippen MR) is 67.0 cm³/mol. The summed E-state index contributed by atoms with van der Waals surface area (Å²) in [6.45, 7) is 2.42. The van der Waals surface area contributed by atoms with E-state index in [4.69, 9.17) is 11.6 Å². The Morgan fingerprint density at radius 3 is 2.81 bits per heavy atom. The van der Waals surface area contributed by atoms with Gasteiger partial charge in [-0.25, -0.2) is 18.1 Å². The fourth-order valence-electron chi connectivity index (χ4n) is 1.02. The van der Waals surface area contributed by atoms with Crippen LogP contribution in [0.1, 0.15) is 19.8 Å². The third-order valence-corrected chi connectivity index (χ3v) is 4.47. The molecule has 0 unspecified atom stereocenters. The molecule has 0 aliphatic carbocycles. The normalized spacial score (nSPS) is 11.7. The minimum atomic E-state index is -3.47. The molecular weight excluding hydrogens is 316 g/mol. The quantitative estimate of drug-likeness (QED) is 0.668. The van der Waals surface area contributed by atoms with Gasteiger partial charge in [0.25, 0.3) is 0 Å². The SMILES string of the molecule is CCCCNS(=O)(=O)c1cnc(Cl)c(Br)c1. The number of unbranched alkanes of at least 4 members (excludes halogenated alkanes) is 1. The van der Waals surface area contributed by atoms with E-state index >= 15 is 0 Å². The van der Waals surface area contributed by atoms with E-state index in [1.54, 1.807) is 0 Å². The van der Waals surface area contributed by atoms with E-state index in [1.165, 1.54) is 12.3 Å². The molecule has 90 valence electrons. The molecule has 0 fully saturated rings. The molecule has 0 spiro atoms. The Labute approximate surface area is 109 Å². The minimum absolute atomic E-state index is 0.111. The lowest BCUT2D eigenvalue weighted by atomic mass is 10.3. The van der Waals surface area contributed by atoms with Crippen molar-refractivity contribution in [3.8, 4) is 0 Å². The second-order valence-electron chi connectivity index (χ2n) is 3.19. The third-order valence-electron chi connectivity index (χ3n) is 1.90. The van der Waals surface area contributed by atoms with E-state index in [9.17, 15) is 8.42 Å². The van der Waals surface area contributed by atoms with Crippen LogP contribution in [0.15, 0.2) is 21.6 Å². The van der Waals surface area contributed by atoms with Crippen LogP contribution in [0.3, 0.4) is 0 Å². The Bertz CT molecular complexity index is 465. The fraction of sp³-hybridized carbons (Fsp3) is 0.444. The summed E-state index contributed by atoms with van der Waals surface area (Å²) in [6, 6.07) is 1.43. The maximum absolute atomic E-state index is 11.8. The molecule has 0 radical (unpaired) electrons. The largest absolute Gasteiger partial charge is 0.242 e. The van der Waals surface area contributed by atoms with Crippen molar-refractivity contribution >= 4 is 37.6 Å². The van der Waals surface area contributed by atoms with Crippen LogP contribution in [-0.4, -0.2) is 19.9 Å². The van der Waals surface area contributed by atoms with Crippen molar-refractivity contribution in [2.45, 2.75) is 24.7 Å². The molecule has 0 aliphatic heterocycles. The van der Waals surface area contributed by atoms with Gasteiger partial charge in [-0.3, -0.25) is 0 Å². The van der Waals surface area contributed by atoms with Crippen molar-refractivity contribution in [1.82, 2.24) is 9.71 Å². The Hall–Kier alpha value is -0.170. The van der Waals surface area contributed by atoms with Gasteiger partial charge < -0.3 is 0 Å². The van der Waals surface area contributed by atoms with Crippen LogP contribution < -0.4 is 4.72 Å². The standard InChI is InChI=1S/C9H12BrClN2O2S/c1-2-3-4-13-16(14,15)7-5-8(10)9(11)12-6-7/h5-6,13H,2-4H2,1H3. The van der Waals surface area contributed by atoms with Gasteiger partial charge in [0.05, 0.1) is 4.47 Å². The predicted octanol–water partition coefficient (Wildman–Crippen LogP) is 2.58. The molecule has 0 bridgehead atoms. The first kappa shape index (κ1) is 13.9. The number of nitrogens with zero attached hydrogens (tertiary/aromatic N) is 1. The number of hydrogen-bond donors (Lipinski definition) is 1. The van der Waals surface area contributed by atoms with E-state index < -0.39 is 10.0 Å². The van der Waals surface area contributed by atoms with E-state index in [2.05, 4.69) is 25.6 Å². The first-order valence-electron chi connectivity index (χ1n) is 4.78. The van der Waals surface area contributed by atoms with Gasteiger partial charge in [0.15, 0.2) is 0 Å². The van der Waals surface area contributed by atoms with Crippen LogP contribution in [0.4, 0.5) is 0 Å². The molecule has 1 aromatic rings. The van der Waals surface area contributed by atoms with Crippen molar-refractivity contribution in [2.75, 3.05) is 6.54 Å². The topological polar surface area (TPSA) is 59.1 Å². The van der Waals surface area contributed by atoms with E-state index in [-0.39, 0.29) is 10.0 Å². The average Bonchev–Trinajstić information content (AvgIpc) is 2.22. The smallest absolute Gasteiger partial charge is 0.242 e. The van der Waals surface area contributed by atoms with Gasteiger partial charge >= 0.3 is 0 Å². The summed E-state index contributed by atoms with van der Waals surface area (Å²) in [5.74, 6) is 0. The lowest BCUT2D eigenvalue weighted by Crippen LogP contribution is -2.24. The maximum atomic E-state index is 11.8. The highest BCUT2D eigenvalue weighted by Gasteiger charge is 2.15. The summed E-state index contributed by atoms with van der Waals surface area (Å²) in [5, 5.41) is 0.243. The summed E-state index contributed by atoms with van der Waals surface area (Å²) in [7, 11) is -3.47. The molecule has 1 rings (SSSR count). The molecule has 16 heavy (non-hydrogen) atoms. The fourth-order valence-corrected chi connectivity index (χ4v) is 2.67. The van der Waals surface area contributed by atoms with E-state index in [0.29, 0.717) is 11.0 Å². The number of aromatic nitrogens is 1. The van der Waals surface area contributed by atoms with Crippen LogP contribution in [-0.2, 0) is 10.0 Å². The van der Waals surface area contributed by atoms with Gasteiger partial charge in [0.2, 0.25) is 10.0 Å². The highest BCUT2D eigenvalue weighted by molar-refractivity contribution is 9.10. The van der Waals surface area contributed by atoms with Crippen LogP contribution in [0.2, 0.25) is 5.15 Å². The molecule has 0 aliphatic rings. The third kappa shape index (κ3) is 3.69. The number of halogens is 2. The van der Waals surface area contributed by atoms with Gasteiger partial charge in [-0.05, 0) is 28.4 Å². The van der Waals surface area contributed by atoms with Crippen molar-refractivity contribution in [3.63, 3.8) is 0 Å². The Balaban J connectivity index is 2.86. The van der Waals surface area contributed by atoms with Crippen LogP contribution in [0.25, 0.3) is 0 Å². The number of pyridine rings is 1. The molecule has 1 heterocycles. The molecule has 1 aromatic heterocycles. The zero-order valence-corrected chi connectivity index (χ0v) is 11.9.